The van der Waals surface area contributed by atoms with Gasteiger partial charge in [0, 0.05) is 24.6 Å². The zero-order valence-corrected chi connectivity index (χ0v) is 15.7. The van der Waals surface area contributed by atoms with Crippen molar-refractivity contribution in [3.8, 4) is 17.2 Å². The van der Waals surface area contributed by atoms with Crippen molar-refractivity contribution >= 4 is 11.7 Å². The molecular formula is C19H25N5O3. The van der Waals surface area contributed by atoms with E-state index in [1.54, 1.807) is 19.2 Å². The van der Waals surface area contributed by atoms with Crippen LogP contribution in [0.2, 0.25) is 0 Å². The quantitative estimate of drug-likeness (QED) is 0.839. The second-order valence-electron chi connectivity index (χ2n) is 7.11. The fraction of sp³-hybridized carbons (Fsp3) is 0.526. The lowest BCUT2D eigenvalue weighted by Gasteiger charge is -2.44. The summed E-state index contributed by atoms with van der Waals surface area (Å²) in [6, 6.07) is 5.40. The van der Waals surface area contributed by atoms with E-state index < -0.39 is 0 Å². The highest BCUT2D eigenvalue weighted by atomic mass is 16.5. The molecule has 5 rings (SSSR count). The van der Waals surface area contributed by atoms with Crippen molar-refractivity contribution in [1.82, 2.24) is 20.4 Å². The maximum atomic E-state index is 12.6. The average molecular weight is 371 g/mol. The third-order valence-corrected chi connectivity index (χ3v) is 5.44. The van der Waals surface area contributed by atoms with Crippen LogP contribution < -0.4 is 15.4 Å². The molecule has 8 heteroatoms. The smallest absolute Gasteiger partial charge is 0.319 e. The summed E-state index contributed by atoms with van der Waals surface area (Å²) in [5, 5.41) is 14.1. The fourth-order valence-corrected chi connectivity index (χ4v) is 3.91. The van der Waals surface area contributed by atoms with Crippen LogP contribution in [0.25, 0.3) is 11.5 Å². The van der Waals surface area contributed by atoms with Gasteiger partial charge in [0.25, 0.3) is 0 Å². The van der Waals surface area contributed by atoms with Gasteiger partial charge in [-0.05, 0) is 50.0 Å². The molecule has 0 unspecified atom stereocenters. The topological polar surface area (TPSA) is 92.5 Å². The predicted molar refractivity (Wildman–Crippen MR) is 101 cm³/mol. The van der Waals surface area contributed by atoms with Crippen LogP contribution in [0.4, 0.5) is 10.5 Å². The summed E-state index contributed by atoms with van der Waals surface area (Å²) in [7, 11) is 1.58. The Balaban J connectivity index is 1.48. The second-order valence-corrected chi connectivity index (χ2v) is 7.11. The van der Waals surface area contributed by atoms with Crippen molar-refractivity contribution in [2.45, 2.75) is 32.2 Å². The molecule has 27 heavy (non-hydrogen) atoms. The minimum atomic E-state index is -0.219. The molecule has 2 aromatic rings. The van der Waals surface area contributed by atoms with Crippen molar-refractivity contribution in [2.24, 2.45) is 5.92 Å². The molecule has 1 atom stereocenters. The van der Waals surface area contributed by atoms with Gasteiger partial charge in [0.15, 0.2) is 0 Å². The number of aromatic nitrogens is 2. The summed E-state index contributed by atoms with van der Waals surface area (Å²) in [6.07, 6.45) is 2.98. The molecule has 2 N–H and O–H groups in total. The van der Waals surface area contributed by atoms with E-state index >= 15 is 0 Å². The Morgan fingerprint density at radius 1 is 1.33 bits per heavy atom. The van der Waals surface area contributed by atoms with Gasteiger partial charge in [0.2, 0.25) is 11.8 Å². The zero-order chi connectivity index (χ0) is 18.8. The van der Waals surface area contributed by atoms with Crippen LogP contribution in [0.5, 0.6) is 5.75 Å². The van der Waals surface area contributed by atoms with Crippen LogP contribution in [0.3, 0.4) is 0 Å². The van der Waals surface area contributed by atoms with Gasteiger partial charge in [-0.15, -0.1) is 10.2 Å². The van der Waals surface area contributed by atoms with E-state index in [-0.39, 0.29) is 12.1 Å². The van der Waals surface area contributed by atoms with Gasteiger partial charge in [0.05, 0.1) is 12.8 Å². The highest BCUT2D eigenvalue weighted by Crippen LogP contribution is 2.31. The molecule has 3 saturated heterocycles. The Morgan fingerprint density at radius 3 is 2.78 bits per heavy atom. The van der Waals surface area contributed by atoms with Crippen LogP contribution in [0.1, 0.15) is 25.7 Å². The number of hydrogen-bond acceptors (Lipinski definition) is 6. The number of methoxy groups -OCH3 is 1. The Morgan fingerprint density at radius 2 is 2.15 bits per heavy atom. The molecule has 4 heterocycles. The van der Waals surface area contributed by atoms with E-state index in [0.29, 0.717) is 35.6 Å². The van der Waals surface area contributed by atoms with Gasteiger partial charge >= 0.3 is 6.03 Å². The number of rotatable bonds is 5. The monoisotopic (exact) mass is 371 g/mol. The number of hydrogen-bond donors (Lipinski definition) is 2. The van der Waals surface area contributed by atoms with Gasteiger partial charge in [-0.3, -0.25) is 0 Å². The molecule has 3 aliphatic rings. The maximum absolute atomic E-state index is 12.6. The number of carbonyl (C=O) groups excluding carboxylic acids is 1. The largest absolute Gasteiger partial charge is 0.495 e. The number of benzene rings is 1. The number of carbonyl (C=O) groups is 1. The van der Waals surface area contributed by atoms with Gasteiger partial charge in [-0.25, -0.2) is 4.79 Å². The summed E-state index contributed by atoms with van der Waals surface area (Å²) in [5.74, 6) is 2.16. The first-order chi connectivity index (χ1) is 13.2. The zero-order valence-electron chi connectivity index (χ0n) is 15.7. The number of aryl methyl sites for hydroxylation is 1. The number of fused-ring (bicyclic) bond motifs is 3. The van der Waals surface area contributed by atoms with E-state index in [0.717, 1.165) is 38.0 Å². The van der Waals surface area contributed by atoms with E-state index in [1.807, 2.05) is 13.0 Å². The van der Waals surface area contributed by atoms with Crippen molar-refractivity contribution in [2.75, 3.05) is 32.1 Å². The summed E-state index contributed by atoms with van der Waals surface area (Å²) >= 11 is 0. The molecule has 0 radical (unpaired) electrons. The molecule has 2 amide bonds. The first-order valence-electron chi connectivity index (χ1n) is 9.47. The summed E-state index contributed by atoms with van der Waals surface area (Å²) < 4.78 is 11.0. The fourth-order valence-electron chi connectivity index (χ4n) is 3.91. The minimum absolute atomic E-state index is 0.199. The molecule has 1 aromatic heterocycles. The van der Waals surface area contributed by atoms with Gasteiger partial charge in [-0.1, -0.05) is 6.92 Å². The molecule has 0 spiro atoms. The average Bonchev–Trinajstić information content (AvgIpc) is 3.18. The number of amides is 2. The number of nitrogens with one attached hydrogen (secondary N) is 2. The maximum Gasteiger partial charge on any atom is 0.319 e. The molecule has 1 aromatic carbocycles. The minimum Gasteiger partial charge on any atom is -0.495 e. The number of nitrogens with zero attached hydrogens (tertiary/aromatic N) is 3. The molecular weight excluding hydrogens is 346 g/mol. The third-order valence-electron chi connectivity index (χ3n) is 5.44. The molecule has 0 saturated carbocycles. The van der Waals surface area contributed by atoms with Crippen molar-refractivity contribution in [3.63, 3.8) is 0 Å². The number of urea groups is 1. The van der Waals surface area contributed by atoms with E-state index in [1.165, 1.54) is 0 Å². The lowest BCUT2D eigenvalue weighted by Crippen LogP contribution is -2.57. The van der Waals surface area contributed by atoms with Crippen LogP contribution >= 0.6 is 0 Å². The SMILES string of the molecule is CCc1nnc(-c2ccc(OC)c(NC(=O)N[C@H]3CN4CCC3CC4)c2)o1. The van der Waals surface area contributed by atoms with Crippen molar-refractivity contribution in [3.05, 3.63) is 24.1 Å². The first kappa shape index (κ1) is 17.8. The van der Waals surface area contributed by atoms with Crippen LogP contribution in [0.15, 0.2) is 22.6 Å². The van der Waals surface area contributed by atoms with E-state index in [2.05, 4.69) is 25.7 Å². The lowest BCUT2D eigenvalue weighted by atomic mass is 9.84. The van der Waals surface area contributed by atoms with E-state index in [4.69, 9.17) is 9.15 Å². The first-order valence-corrected chi connectivity index (χ1v) is 9.47. The third kappa shape index (κ3) is 3.75. The van der Waals surface area contributed by atoms with Crippen molar-refractivity contribution in [1.29, 1.82) is 0 Å². The molecule has 0 aliphatic carbocycles. The van der Waals surface area contributed by atoms with Gasteiger partial charge < -0.3 is 24.7 Å². The van der Waals surface area contributed by atoms with Crippen LogP contribution in [-0.4, -0.2) is 53.9 Å². The second kappa shape index (κ2) is 7.56. The number of piperidine rings is 3. The highest BCUT2D eigenvalue weighted by Gasteiger charge is 2.34. The van der Waals surface area contributed by atoms with Crippen molar-refractivity contribution < 1.29 is 13.9 Å². The van der Waals surface area contributed by atoms with Crippen LogP contribution in [-0.2, 0) is 6.42 Å². The van der Waals surface area contributed by atoms with E-state index in [9.17, 15) is 4.79 Å². The standard InChI is InChI=1S/C19H25N5O3/c1-3-17-22-23-18(27-17)13-4-5-16(26-2)14(10-13)20-19(25)21-15-11-24-8-6-12(15)7-9-24/h4-5,10,12,15H,3,6-9,11H2,1-2H3,(H2,20,21,25)/t15-/m0/s1. The Kier molecular flexibility index (Phi) is 4.98. The predicted octanol–water partition coefficient (Wildman–Crippen LogP) is 2.52. The molecule has 144 valence electrons. The number of ether oxygens (including phenoxy) is 1. The summed E-state index contributed by atoms with van der Waals surface area (Å²) in [5.41, 5.74) is 1.31. The Labute approximate surface area is 158 Å². The molecule has 3 fully saturated rings. The van der Waals surface area contributed by atoms with Crippen LogP contribution in [0, 0.1) is 5.92 Å². The molecule has 2 bridgehead atoms. The Bertz CT molecular complexity index is 813. The highest BCUT2D eigenvalue weighted by molar-refractivity contribution is 5.92. The molecule has 8 nitrogen and oxygen atoms in total. The normalized spacial score (nSPS) is 23.9. The number of anilines is 1. The van der Waals surface area contributed by atoms with Gasteiger partial charge in [0.1, 0.15) is 5.75 Å². The summed E-state index contributed by atoms with van der Waals surface area (Å²) in [6.45, 7) is 5.17. The Hall–Kier alpha value is -2.61. The molecule has 3 aliphatic heterocycles. The summed E-state index contributed by atoms with van der Waals surface area (Å²) in [4.78, 5) is 15.0. The van der Waals surface area contributed by atoms with Gasteiger partial charge in [-0.2, -0.15) is 0 Å². The lowest BCUT2D eigenvalue weighted by molar-refractivity contribution is 0.0776.